The van der Waals surface area contributed by atoms with Crippen LogP contribution in [0.5, 0.6) is 0 Å². The van der Waals surface area contributed by atoms with Crippen LogP contribution in [0.2, 0.25) is 0 Å². The monoisotopic (exact) mass is 301 g/mol. The van der Waals surface area contributed by atoms with E-state index in [1.54, 1.807) is 23.0 Å². The van der Waals surface area contributed by atoms with Crippen LogP contribution < -0.4 is 11.3 Å². The number of rotatable bonds is 3. The summed E-state index contributed by atoms with van der Waals surface area (Å²) in [6, 6.07) is 5.55. The van der Waals surface area contributed by atoms with Gasteiger partial charge in [0.25, 0.3) is 5.56 Å². The summed E-state index contributed by atoms with van der Waals surface area (Å²) in [4.78, 5) is 24.0. The highest BCUT2D eigenvalue weighted by molar-refractivity contribution is 7.99. The normalized spacial score (nSPS) is 11.4. The van der Waals surface area contributed by atoms with Gasteiger partial charge in [-0.15, -0.1) is 0 Å². The number of nitrogens with zero attached hydrogens (tertiary/aromatic N) is 3. The molecule has 0 aliphatic rings. The molecule has 0 spiro atoms. The quantitative estimate of drug-likeness (QED) is 0.725. The number of anilines is 1. The molecule has 0 unspecified atom stereocenters. The first-order valence-corrected chi connectivity index (χ1v) is 7.36. The number of hydrogen-bond donors (Lipinski definition) is 2. The van der Waals surface area contributed by atoms with Gasteiger partial charge in [-0.05, 0) is 43.8 Å². The van der Waals surface area contributed by atoms with Crippen LogP contribution in [-0.2, 0) is 0 Å². The van der Waals surface area contributed by atoms with Gasteiger partial charge in [-0.25, -0.2) is 9.97 Å². The maximum absolute atomic E-state index is 12.3. The summed E-state index contributed by atoms with van der Waals surface area (Å²) in [5.41, 5.74) is 7.96. The van der Waals surface area contributed by atoms with Crippen LogP contribution >= 0.6 is 11.8 Å². The third-order valence-electron chi connectivity index (χ3n) is 3.07. The van der Waals surface area contributed by atoms with Crippen LogP contribution in [0, 0.1) is 0 Å². The summed E-state index contributed by atoms with van der Waals surface area (Å²) in [5, 5.41) is 1.03. The van der Waals surface area contributed by atoms with E-state index in [2.05, 4.69) is 15.0 Å². The van der Waals surface area contributed by atoms with Gasteiger partial charge in [0, 0.05) is 24.1 Å². The first-order valence-electron chi connectivity index (χ1n) is 6.55. The van der Waals surface area contributed by atoms with Gasteiger partial charge in [-0.3, -0.25) is 4.79 Å². The highest BCUT2D eigenvalue weighted by Crippen LogP contribution is 2.24. The fourth-order valence-corrected chi connectivity index (χ4v) is 2.82. The van der Waals surface area contributed by atoms with E-state index in [4.69, 9.17) is 5.73 Å². The molecule has 0 fully saturated rings. The minimum atomic E-state index is -0.113. The molecule has 0 aliphatic carbocycles. The van der Waals surface area contributed by atoms with E-state index < -0.39 is 0 Å². The van der Waals surface area contributed by atoms with Crippen molar-refractivity contribution in [1.29, 1.82) is 0 Å². The predicted molar refractivity (Wildman–Crippen MR) is 83.5 cm³/mol. The second-order valence-electron chi connectivity index (χ2n) is 4.96. The van der Waals surface area contributed by atoms with Crippen molar-refractivity contribution in [2.24, 2.45) is 0 Å². The number of hydrogen-bond acceptors (Lipinski definition) is 5. The minimum Gasteiger partial charge on any atom is -0.399 e. The number of imidazole rings is 1. The standard InChI is InChI=1S/C14H15N5OS/c1-8(2)19-6-5-16-12(13(19)20)21-14-17-10-4-3-9(15)7-11(10)18-14/h3-8H,15H2,1-2H3,(H,17,18). The van der Waals surface area contributed by atoms with E-state index in [0.717, 1.165) is 11.0 Å². The lowest BCUT2D eigenvalue weighted by molar-refractivity contribution is 0.561. The SMILES string of the molecule is CC(C)n1ccnc(Sc2nc3ccc(N)cc3[nH]2)c1=O. The molecular formula is C14H15N5OS. The lowest BCUT2D eigenvalue weighted by Gasteiger charge is -2.09. The number of fused-ring (bicyclic) bond motifs is 1. The fourth-order valence-electron chi connectivity index (χ4n) is 2.03. The van der Waals surface area contributed by atoms with Gasteiger partial charge < -0.3 is 15.3 Å². The number of nitrogens with one attached hydrogen (secondary N) is 1. The summed E-state index contributed by atoms with van der Waals surface area (Å²) in [5.74, 6) is 0. The molecule has 6 nitrogen and oxygen atoms in total. The maximum Gasteiger partial charge on any atom is 0.283 e. The van der Waals surface area contributed by atoms with Crippen LogP contribution in [0.4, 0.5) is 5.69 Å². The van der Waals surface area contributed by atoms with E-state index >= 15 is 0 Å². The van der Waals surface area contributed by atoms with Gasteiger partial charge in [-0.1, -0.05) is 0 Å². The van der Waals surface area contributed by atoms with Crippen LogP contribution in [0.1, 0.15) is 19.9 Å². The molecule has 21 heavy (non-hydrogen) atoms. The van der Waals surface area contributed by atoms with E-state index in [9.17, 15) is 4.79 Å². The Morgan fingerprint density at radius 2 is 2.19 bits per heavy atom. The zero-order valence-electron chi connectivity index (χ0n) is 11.7. The molecule has 0 saturated carbocycles. The summed E-state index contributed by atoms with van der Waals surface area (Å²) in [6.45, 7) is 3.92. The first-order chi connectivity index (χ1) is 10.0. The molecular weight excluding hydrogens is 286 g/mol. The Balaban J connectivity index is 1.99. The van der Waals surface area contributed by atoms with E-state index in [0.29, 0.717) is 15.9 Å². The van der Waals surface area contributed by atoms with E-state index in [-0.39, 0.29) is 11.6 Å². The Morgan fingerprint density at radius 1 is 1.38 bits per heavy atom. The number of aromatic nitrogens is 4. The largest absolute Gasteiger partial charge is 0.399 e. The number of aromatic amines is 1. The molecule has 2 aromatic heterocycles. The highest BCUT2D eigenvalue weighted by atomic mass is 32.2. The number of nitrogen functional groups attached to an aromatic ring is 1. The van der Waals surface area contributed by atoms with Crippen molar-refractivity contribution in [3.63, 3.8) is 0 Å². The average molecular weight is 301 g/mol. The number of H-pyrrole nitrogens is 1. The third-order valence-corrected chi connectivity index (χ3v) is 3.93. The molecule has 0 radical (unpaired) electrons. The smallest absolute Gasteiger partial charge is 0.283 e. The van der Waals surface area contributed by atoms with Crippen molar-refractivity contribution in [3.05, 3.63) is 40.9 Å². The minimum absolute atomic E-state index is 0.0929. The topological polar surface area (TPSA) is 89.6 Å². The van der Waals surface area contributed by atoms with Crippen molar-refractivity contribution in [2.45, 2.75) is 30.1 Å². The fraction of sp³-hybridized carbons (Fsp3) is 0.214. The molecule has 2 heterocycles. The van der Waals surface area contributed by atoms with E-state index in [1.807, 2.05) is 26.0 Å². The lowest BCUT2D eigenvalue weighted by atomic mass is 10.3. The molecule has 0 amide bonds. The Kier molecular flexibility index (Phi) is 3.42. The summed E-state index contributed by atoms with van der Waals surface area (Å²) >= 11 is 1.23. The second kappa shape index (κ2) is 5.25. The van der Waals surface area contributed by atoms with Crippen molar-refractivity contribution < 1.29 is 0 Å². The maximum atomic E-state index is 12.3. The molecule has 3 rings (SSSR count). The summed E-state index contributed by atoms with van der Waals surface area (Å²) < 4.78 is 1.65. The third kappa shape index (κ3) is 2.64. The summed E-state index contributed by atoms with van der Waals surface area (Å²) in [7, 11) is 0. The van der Waals surface area contributed by atoms with Crippen LogP contribution in [-0.4, -0.2) is 19.5 Å². The van der Waals surface area contributed by atoms with Crippen molar-refractivity contribution in [2.75, 3.05) is 5.73 Å². The van der Waals surface area contributed by atoms with Gasteiger partial charge in [0.05, 0.1) is 11.0 Å². The van der Waals surface area contributed by atoms with Crippen molar-refractivity contribution in [3.8, 4) is 0 Å². The highest BCUT2D eigenvalue weighted by Gasteiger charge is 2.11. The molecule has 0 bridgehead atoms. The number of benzene rings is 1. The zero-order chi connectivity index (χ0) is 15.0. The predicted octanol–water partition coefficient (Wildman–Crippen LogP) is 2.43. The molecule has 3 N–H and O–H groups in total. The van der Waals surface area contributed by atoms with Gasteiger partial charge >= 0.3 is 0 Å². The molecule has 0 atom stereocenters. The first kappa shape index (κ1) is 13.7. The van der Waals surface area contributed by atoms with Gasteiger partial charge in [-0.2, -0.15) is 0 Å². The Morgan fingerprint density at radius 3 is 2.95 bits per heavy atom. The molecule has 1 aromatic carbocycles. The van der Waals surface area contributed by atoms with Crippen LogP contribution in [0.3, 0.4) is 0 Å². The average Bonchev–Trinajstić information content (AvgIpc) is 2.82. The molecule has 7 heteroatoms. The van der Waals surface area contributed by atoms with E-state index in [1.165, 1.54) is 11.8 Å². The second-order valence-corrected chi connectivity index (χ2v) is 5.94. The van der Waals surface area contributed by atoms with Crippen LogP contribution in [0.15, 0.2) is 45.6 Å². The Labute approximate surface area is 125 Å². The molecule has 3 aromatic rings. The van der Waals surface area contributed by atoms with Crippen molar-refractivity contribution in [1.82, 2.24) is 19.5 Å². The van der Waals surface area contributed by atoms with Crippen molar-refractivity contribution >= 4 is 28.5 Å². The van der Waals surface area contributed by atoms with Gasteiger partial charge in [0.1, 0.15) is 0 Å². The number of nitrogens with two attached hydrogens (primary N) is 1. The van der Waals surface area contributed by atoms with Gasteiger partial charge in [0.2, 0.25) is 0 Å². The van der Waals surface area contributed by atoms with Crippen LogP contribution in [0.25, 0.3) is 11.0 Å². The lowest BCUT2D eigenvalue weighted by Crippen LogP contribution is -2.23. The Hall–Kier alpha value is -2.28. The zero-order valence-corrected chi connectivity index (χ0v) is 12.5. The molecule has 0 saturated heterocycles. The molecule has 108 valence electrons. The summed E-state index contributed by atoms with van der Waals surface area (Å²) in [6.07, 6.45) is 3.32. The van der Waals surface area contributed by atoms with Gasteiger partial charge in [0.15, 0.2) is 10.2 Å². The Bertz CT molecular complexity index is 852. The molecule has 0 aliphatic heterocycles.